The van der Waals surface area contributed by atoms with E-state index in [4.69, 9.17) is 0 Å². The summed E-state index contributed by atoms with van der Waals surface area (Å²) >= 11 is 1.31. The Balaban J connectivity index is 1.73. The van der Waals surface area contributed by atoms with Gasteiger partial charge in [0.25, 0.3) is 0 Å². The lowest BCUT2D eigenvalue weighted by Crippen LogP contribution is -2.22. The highest BCUT2D eigenvalue weighted by atomic mass is 32.2. The van der Waals surface area contributed by atoms with Gasteiger partial charge >= 0.3 is 0 Å². The fourth-order valence-electron chi connectivity index (χ4n) is 2.40. The number of nitrogens with zero attached hydrogens (tertiary/aromatic N) is 3. The quantitative estimate of drug-likeness (QED) is 0.639. The number of para-hydroxylation sites is 1. The third-order valence-corrected chi connectivity index (χ3v) is 4.71. The molecule has 0 radical (unpaired) electrons. The number of nitrogens with one attached hydrogen (secondary N) is 2. The molecule has 27 heavy (non-hydrogen) atoms. The smallest absolute Gasteiger partial charge is 0.237 e. The number of aromatic nitrogens is 3. The van der Waals surface area contributed by atoms with Crippen molar-refractivity contribution in [3.63, 3.8) is 0 Å². The number of benzene rings is 2. The number of amides is 2. The highest BCUT2D eigenvalue weighted by molar-refractivity contribution is 8.00. The third kappa shape index (κ3) is 4.95. The van der Waals surface area contributed by atoms with Crippen LogP contribution in [0.3, 0.4) is 0 Å². The maximum absolute atomic E-state index is 12.4. The number of carbonyl (C=O) groups excluding carboxylic acids is 2. The van der Waals surface area contributed by atoms with Crippen LogP contribution in [-0.4, -0.2) is 31.8 Å². The van der Waals surface area contributed by atoms with Crippen LogP contribution >= 0.6 is 11.8 Å². The molecule has 0 spiro atoms. The third-order valence-electron chi connectivity index (χ3n) is 3.65. The first-order valence-electron chi connectivity index (χ1n) is 8.33. The van der Waals surface area contributed by atoms with Crippen LogP contribution in [0.25, 0.3) is 5.69 Å². The zero-order valence-electron chi connectivity index (χ0n) is 14.9. The molecular weight excluding hydrogens is 362 g/mol. The maximum atomic E-state index is 12.4. The summed E-state index contributed by atoms with van der Waals surface area (Å²) in [6, 6.07) is 16.6. The van der Waals surface area contributed by atoms with E-state index < -0.39 is 0 Å². The number of rotatable bonds is 6. The topological polar surface area (TPSA) is 88.9 Å². The van der Waals surface area contributed by atoms with Crippen molar-refractivity contribution in [1.82, 2.24) is 14.8 Å². The Morgan fingerprint density at radius 2 is 1.78 bits per heavy atom. The van der Waals surface area contributed by atoms with Gasteiger partial charge in [0.2, 0.25) is 11.8 Å². The van der Waals surface area contributed by atoms with Crippen LogP contribution in [0.1, 0.15) is 13.8 Å². The molecule has 3 rings (SSSR count). The van der Waals surface area contributed by atoms with E-state index in [-0.39, 0.29) is 17.1 Å². The Morgan fingerprint density at radius 3 is 2.52 bits per heavy atom. The van der Waals surface area contributed by atoms with Crippen molar-refractivity contribution in [2.45, 2.75) is 24.3 Å². The summed E-state index contributed by atoms with van der Waals surface area (Å²) < 4.78 is 1.78. The van der Waals surface area contributed by atoms with Gasteiger partial charge in [-0.3, -0.25) is 14.2 Å². The Morgan fingerprint density at radius 1 is 1.04 bits per heavy atom. The van der Waals surface area contributed by atoms with Crippen molar-refractivity contribution < 1.29 is 9.59 Å². The zero-order chi connectivity index (χ0) is 19.2. The lowest BCUT2D eigenvalue weighted by atomic mass is 10.2. The van der Waals surface area contributed by atoms with E-state index in [2.05, 4.69) is 20.8 Å². The van der Waals surface area contributed by atoms with Crippen LogP contribution in [0.4, 0.5) is 11.4 Å². The molecule has 3 aromatic rings. The molecular formula is C19H19N5O2S. The molecule has 0 fully saturated rings. The summed E-state index contributed by atoms with van der Waals surface area (Å²) in [5.74, 6) is -0.260. The molecule has 0 unspecified atom stereocenters. The first-order valence-corrected chi connectivity index (χ1v) is 9.21. The molecule has 0 bridgehead atoms. The van der Waals surface area contributed by atoms with E-state index in [1.165, 1.54) is 18.7 Å². The largest absolute Gasteiger partial charge is 0.326 e. The highest BCUT2D eigenvalue weighted by Gasteiger charge is 2.18. The molecule has 1 aromatic heterocycles. The number of hydrogen-bond donors (Lipinski definition) is 2. The van der Waals surface area contributed by atoms with E-state index >= 15 is 0 Å². The van der Waals surface area contributed by atoms with Crippen LogP contribution in [0.15, 0.2) is 66.1 Å². The monoisotopic (exact) mass is 381 g/mol. The summed E-state index contributed by atoms with van der Waals surface area (Å²) in [6.07, 6.45) is 1.58. The van der Waals surface area contributed by atoms with Gasteiger partial charge in [0.1, 0.15) is 6.33 Å². The summed E-state index contributed by atoms with van der Waals surface area (Å²) in [5, 5.41) is 13.9. The Kier molecular flexibility index (Phi) is 5.87. The predicted molar refractivity (Wildman–Crippen MR) is 106 cm³/mol. The van der Waals surface area contributed by atoms with Crippen molar-refractivity contribution in [2.24, 2.45) is 0 Å². The van der Waals surface area contributed by atoms with Gasteiger partial charge in [0, 0.05) is 18.3 Å². The number of thioether (sulfide) groups is 1. The van der Waals surface area contributed by atoms with Gasteiger partial charge < -0.3 is 10.6 Å². The SMILES string of the molecule is CC(=O)Nc1cccc(-n2cnnc2S[C@H](C)C(=O)Nc2ccccc2)c1. The molecule has 0 saturated heterocycles. The molecule has 8 heteroatoms. The summed E-state index contributed by atoms with van der Waals surface area (Å²) in [4.78, 5) is 23.7. The van der Waals surface area contributed by atoms with Crippen molar-refractivity contribution >= 4 is 35.0 Å². The van der Waals surface area contributed by atoms with Gasteiger partial charge in [0.05, 0.1) is 10.9 Å². The Hall–Kier alpha value is -3.13. The van der Waals surface area contributed by atoms with Crippen molar-refractivity contribution in [2.75, 3.05) is 10.6 Å². The van der Waals surface area contributed by atoms with Gasteiger partial charge in [0.15, 0.2) is 5.16 Å². The molecule has 138 valence electrons. The molecule has 2 N–H and O–H groups in total. The normalized spacial score (nSPS) is 11.6. The first kappa shape index (κ1) is 18.7. The molecule has 1 heterocycles. The zero-order valence-corrected chi connectivity index (χ0v) is 15.7. The summed E-state index contributed by atoms with van der Waals surface area (Å²) in [6.45, 7) is 3.27. The molecule has 0 aliphatic heterocycles. The number of carbonyl (C=O) groups is 2. The second-order valence-electron chi connectivity index (χ2n) is 5.83. The fraction of sp³-hybridized carbons (Fsp3) is 0.158. The van der Waals surface area contributed by atoms with Gasteiger partial charge in [-0.2, -0.15) is 0 Å². The molecule has 0 aliphatic rings. The number of hydrogen-bond acceptors (Lipinski definition) is 5. The average molecular weight is 381 g/mol. The molecule has 0 saturated carbocycles. The van der Waals surface area contributed by atoms with Gasteiger partial charge in [-0.1, -0.05) is 36.0 Å². The molecule has 0 aliphatic carbocycles. The number of anilines is 2. The van der Waals surface area contributed by atoms with Gasteiger partial charge in [-0.25, -0.2) is 0 Å². The van der Waals surface area contributed by atoms with E-state index in [9.17, 15) is 9.59 Å². The minimum atomic E-state index is -0.369. The maximum Gasteiger partial charge on any atom is 0.237 e. The van der Waals surface area contributed by atoms with Crippen molar-refractivity contribution in [3.05, 3.63) is 60.9 Å². The minimum absolute atomic E-state index is 0.118. The van der Waals surface area contributed by atoms with E-state index in [0.717, 1.165) is 11.4 Å². The predicted octanol–water partition coefficient (Wildman–Crippen LogP) is 3.35. The van der Waals surface area contributed by atoms with E-state index in [0.29, 0.717) is 10.8 Å². The first-order chi connectivity index (χ1) is 13.0. The van der Waals surface area contributed by atoms with Gasteiger partial charge in [-0.15, -0.1) is 10.2 Å². The van der Waals surface area contributed by atoms with Crippen LogP contribution in [0.2, 0.25) is 0 Å². The lowest BCUT2D eigenvalue weighted by molar-refractivity contribution is -0.115. The average Bonchev–Trinajstić information content (AvgIpc) is 3.10. The minimum Gasteiger partial charge on any atom is -0.326 e. The van der Waals surface area contributed by atoms with Crippen LogP contribution in [-0.2, 0) is 9.59 Å². The molecule has 2 aromatic carbocycles. The van der Waals surface area contributed by atoms with Gasteiger partial charge in [-0.05, 0) is 37.3 Å². The van der Waals surface area contributed by atoms with Crippen LogP contribution in [0.5, 0.6) is 0 Å². The fourth-order valence-corrected chi connectivity index (χ4v) is 3.24. The van der Waals surface area contributed by atoms with E-state index in [1.807, 2.05) is 55.5 Å². The molecule has 7 nitrogen and oxygen atoms in total. The summed E-state index contributed by atoms with van der Waals surface area (Å²) in [7, 11) is 0. The second-order valence-corrected chi connectivity index (χ2v) is 7.14. The molecule has 1 atom stereocenters. The highest BCUT2D eigenvalue weighted by Crippen LogP contribution is 2.25. The molecule has 2 amide bonds. The lowest BCUT2D eigenvalue weighted by Gasteiger charge is -2.13. The van der Waals surface area contributed by atoms with E-state index in [1.54, 1.807) is 17.0 Å². The van der Waals surface area contributed by atoms with Crippen LogP contribution < -0.4 is 10.6 Å². The Labute approximate surface area is 161 Å². The van der Waals surface area contributed by atoms with Crippen molar-refractivity contribution in [3.8, 4) is 5.69 Å². The van der Waals surface area contributed by atoms with Crippen LogP contribution in [0, 0.1) is 0 Å². The van der Waals surface area contributed by atoms with Crippen molar-refractivity contribution in [1.29, 1.82) is 0 Å². The Bertz CT molecular complexity index is 942. The standard InChI is InChI=1S/C19H19N5O2S/c1-13(18(26)22-15-7-4-3-5-8-15)27-19-23-20-12-24(19)17-10-6-9-16(11-17)21-14(2)25/h3-13H,1-2H3,(H,21,25)(H,22,26)/t13-/m1/s1. The second kappa shape index (κ2) is 8.50. The summed E-state index contributed by atoms with van der Waals surface area (Å²) in [5.41, 5.74) is 2.23.